The van der Waals surface area contributed by atoms with Crippen molar-refractivity contribution in [3.63, 3.8) is 0 Å². The maximum absolute atomic E-state index is 9.39. The molecule has 20 heavy (non-hydrogen) atoms. The zero-order valence-electron chi connectivity index (χ0n) is 13.3. The molecule has 114 valence electrons. The van der Waals surface area contributed by atoms with Crippen molar-refractivity contribution < 1.29 is 4.79 Å². The number of rotatable bonds is 6. The van der Waals surface area contributed by atoms with Gasteiger partial charge in [0.15, 0.2) is 0 Å². The lowest BCUT2D eigenvalue weighted by atomic mass is 9.75. The summed E-state index contributed by atoms with van der Waals surface area (Å²) < 4.78 is 0. The average Bonchev–Trinajstić information content (AvgIpc) is 2.53. The normalized spacial score (nSPS) is 23.2. The minimum Gasteiger partial charge on any atom is -0.362 e. The molecule has 2 aliphatic carbocycles. The summed E-state index contributed by atoms with van der Waals surface area (Å²) in [5.74, 6) is 2.43. The minimum atomic E-state index is 0.754. The van der Waals surface area contributed by atoms with Gasteiger partial charge < -0.3 is 5.53 Å². The molecule has 0 aromatic carbocycles. The Bertz CT molecular complexity index is 318. The van der Waals surface area contributed by atoms with Gasteiger partial charge in [-0.1, -0.05) is 64.7 Å². The van der Waals surface area contributed by atoms with Gasteiger partial charge in [-0.25, -0.2) is 0 Å². The first-order chi connectivity index (χ1) is 9.83. The first-order valence-corrected chi connectivity index (χ1v) is 9.03. The third-order valence-electron chi connectivity index (χ3n) is 5.73. The van der Waals surface area contributed by atoms with E-state index in [-0.39, 0.29) is 0 Å². The molecule has 0 aromatic rings. The Kier molecular flexibility index (Phi) is 6.79. The van der Waals surface area contributed by atoms with Crippen LogP contribution in [-0.4, -0.2) is 10.5 Å². The zero-order chi connectivity index (χ0) is 14.2. The molecular weight excluding hydrogens is 244 g/mol. The highest BCUT2D eigenvalue weighted by atomic mass is 14.9. The molecule has 0 spiro atoms. The van der Waals surface area contributed by atoms with E-state index in [1.165, 1.54) is 70.6 Å². The molecule has 2 saturated carbocycles. The van der Waals surface area contributed by atoms with E-state index >= 15 is 0 Å². The third-order valence-corrected chi connectivity index (χ3v) is 5.73. The predicted octanol–water partition coefficient (Wildman–Crippen LogP) is 5.62. The second-order valence-electron chi connectivity index (χ2n) is 7.14. The number of hydrogen-bond acceptors (Lipinski definition) is 0. The van der Waals surface area contributed by atoms with E-state index in [1.807, 2.05) is 0 Å². The molecule has 0 heterocycles. The van der Waals surface area contributed by atoms with Gasteiger partial charge in [-0.15, -0.1) is 0 Å². The quantitative estimate of drug-likeness (QED) is 0.343. The topological polar surface area (TPSA) is 36.4 Å². The maximum atomic E-state index is 9.39. The summed E-state index contributed by atoms with van der Waals surface area (Å²) in [5, 5.41) is 0. The van der Waals surface area contributed by atoms with Gasteiger partial charge in [-0.3, -0.25) is 0 Å². The summed E-state index contributed by atoms with van der Waals surface area (Å²) in [7, 11) is 0. The summed E-state index contributed by atoms with van der Waals surface area (Å²) in [6.07, 6.45) is 17.3. The van der Waals surface area contributed by atoms with E-state index in [1.54, 1.807) is 0 Å². The second-order valence-corrected chi connectivity index (χ2v) is 7.14. The molecule has 2 rings (SSSR count). The Morgan fingerprint density at radius 2 is 1.60 bits per heavy atom. The maximum Gasteiger partial charge on any atom is 0.269 e. The van der Waals surface area contributed by atoms with Gasteiger partial charge in [0.2, 0.25) is 0 Å². The summed E-state index contributed by atoms with van der Waals surface area (Å²) in [5.41, 5.74) is 10.5. The third kappa shape index (κ3) is 4.74. The van der Waals surface area contributed by atoms with Crippen molar-refractivity contribution in [2.75, 3.05) is 0 Å². The van der Waals surface area contributed by atoms with Crippen LogP contribution in [0.25, 0.3) is 5.53 Å². The number of hydrogen-bond donors (Lipinski definition) is 0. The summed E-state index contributed by atoms with van der Waals surface area (Å²) in [6.45, 7) is 2.31. The Hall–Kier alpha value is -0.620. The van der Waals surface area contributed by atoms with Gasteiger partial charge in [0.05, 0.1) is 0 Å². The lowest BCUT2D eigenvalue weighted by Gasteiger charge is -2.29. The van der Waals surface area contributed by atoms with Crippen LogP contribution in [0, 0.1) is 17.8 Å². The van der Waals surface area contributed by atoms with Crippen molar-refractivity contribution >= 4 is 5.71 Å². The van der Waals surface area contributed by atoms with Gasteiger partial charge in [0.1, 0.15) is 0 Å². The van der Waals surface area contributed by atoms with Crippen LogP contribution in [0.5, 0.6) is 0 Å². The lowest BCUT2D eigenvalue weighted by Crippen LogP contribution is -2.22. The minimum absolute atomic E-state index is 0.754. The zero-order valence-corrected chi connectivity index (χ0v) is 13.3. The molecule has 1 atom stereocenters. The van der Waals surface area contributed by atoms with Crippen LogP contribution in [0.2, 0.25) is 0 Å². The van der Waals surface area contributed by atoms with Crippen molar-refractivity contribution in [2.45, 2.75) is 90.4 Å². The molecule has 2 heteroatoms. The Morgan fingerprint density at radius 3 is 2.15 bits per heavy atom. The van der Waals surface area contributed by atoms with Gasteiger partial charge in [-0.2, -0.15) is 4.79 Å². The molecule has 0 aliphatic heterocycles. The van der Waals surface area contributed by atoms with Crippen LogP contribution in [0.4, 0.5) is 0 Å². The SMILES string of the molecule is CCC(CC(CC1CCCCC1)=[N+]=[N-])C1CCCCC1. The Morgan fingerprint density at radius 1 is 1.00 bits per heavy atom. The van der Waals surface area contributed by atoms with Crippen LogP contribution in [0.3, 0.4) is 0 Å². The van der Waals surface area contributed by atoms with Gasteiger partial charge >= 0.3 is 0 Å². The fraction of sp³-hybridized carbons (Fsp3) is 0.944. The first-order valence-electron chi connectivity index (χ1n) is 9.03. The van der Waals surface area contributed by atoms with Crippen LogP contribution < -0.4 is 0 Å². The molecule has 0 aromatic heterocycles. The fourth-order valence-electron chi connectivity index (χ4n) is 4.44. The molecule has 0 amide bonds. The molecule has 1 unspecified atom stereocenters. The molecule has 0 radical (unpaired) electrons. The lowest BCUT2D eigenvalue weighted by molar-refractivity contribution is -0.0158. The van der Waals surface area contributed by atoms with E-state index in [0.29, 0.717) is 0 Å². The van der Waals surface area contributed by atoms with Crippen molar-refractivity contribution in [2.24, 2.45) is 17.8 Å². The molecule has 0 saturated heterocycles. The van der Waals surface area contributed by atoms with E-state index in [9.17, 15) is 5.53 Å². The van der Waals surface area contributed by atoms with E-state index < -0.39 is 0 Å². The van der Waals surface area contributed by atoms with Crippen LogP contribution in [-0.2, 0) is 0 Å². The summed E-state index contributed by atoms with van der Waals surface area (Å²) in [4.78, 5) is 3.68. The van der Waals surface area contributed by atoms with Gasteiger partial charge in [0, 0.05) is 12.8 Å². The summed E-state index contributed by atoms with van der Waals surface area (Å²) in [6, 6.07) is 0. The Labute approximate surface area is 125 Å². The summed E-state index contributed by atoms with van der Waals surface area (Å²) >= 11 is 0. The monoisotopic (exact) mass is 276 g/mol. The largest absolute Gasteiger partial charge is 0.362 e. The fourth-order valence-corrected chi connectivity index (χ4v) is 4.44. The number of nitrogens with zero attached hydrogens (tertiary/aromatic N) is 2. The van der Waals surface area contributed by atoms with Crippen LogP contribution in [0.15, 0.2) is 0 Å². The first kappa shape index (κ1) is 15.8. The smallest absolute Gasteiger partial charge is 0.269 e. The molecular formula is C18H32N2. The van der Waals surface area contributed by atoms with Crippen LogP contribution >= 0.6 is 0 Å². The standard InChI is InChI=1S/C18H32N2/c1-2-16(17-11-7-4-8-12-17)14-18(20-19)13-15-9-5-3-6-10-15/h15-17H,2-14H2,1H3. The van der Waals surface area contributed by atoms with E-state index in [4.69, 9.17) is 0 Å². The average molecular weight is 276 g/mol. The molecule has 2 nitrogen and oxygen atoms in total. The highest BCUT2D eigenvalue weighted by Crippen LogP contribution is 2.35. The van der Waals surface area contributed by atoms with Crippen LogP contribution in [0.1, 0.15) is 90.4 Å². The van der Waals surface area contributed by atoms with E-state index in [0.717, 1.165) is 36.3 Å². The highest BCUT2D eigenvalue weighted by Gasteiger charge is 2.28. The van der Waals surface area contributed by atoms with Gasteiger partial charge in [0.25, 0.3) is 5.71 Å². The Balaban J connectivity index is 1.85. The van der Waals surface area contributed by atoms with Crippen molar-refractivity contribution in [3.05, 3.63) is 5.53 Å². The van der Waals surface area contributed by atoms with E-state index in [2.05, 4.69) is 11.7 Å². The van der Waals surface area contributed by atoms with Crippen molar-refractivity contribution in [3.8, 4) is 0 Å². The van der Waals surface area contributed by atoms with Crippen molar-refractivity contribution in [1.29, 1.82) is 0 Å². The molecule has 2 fully saturated rings. The molecule has 0 bridgehead atoms. The molecule has 2 aliphatic rings. The molecule has 0 N–H and O–H groups in total. The van der Waals surface area contributed by atoms with Gasteiger partial charge in [-0.05, 0) is 30.6 Å². The van der Waals surface area contributed by atoms with Crippen molar-refractivity contribution in [1.82, 2.24) is 0 Å². The highest BCUT2D eigenvalue weighted by molar-refractivity contribution is 5.79. The second kappa shape index (κ2) is 8.62. The predicted molar refractivity (Wildman–Crippen MR) is 84.8 cm³/mol.